The molecular weight excluding hydrogens is 272 g/mol. The van der Waals surface area contributed by atoms with Crippen molar-refractivity contribution in [3.8, 4) is 0 Å². The highest BCUT2D eigenvalue weighted by Crippen LogP contribution is 2.05. The maximum absolute atomic E-state index is 11.7. The lowest BCUT2D eigenvalue weighted by Gasteiger charge is -2.08. The molecule has 0 aliphatic carbocycles. The number of esters is 1. The van der Waals surface area contributed by atoms with Crippen molar-refractivity contribution in [3.63, 3.8) is 0 Å². The summed E-state index contributed by atoms with van der Waals surface area (Å²) in [5, 5.41) is 2.67. The molecule has 0 aliphatic heterocycles. The third-order valence-corrected chi connectivity index (χ3v) is 2.78. The molecule has 114 valence electrons. The van der Waals surface area contributed by atoms with Crippen molar-refractivity contribution < 1.29 is 19.1 Å². The standard InChI is InChI=1S/C15H20N2O4/c1-10(2)7-8-17-13(18)9-21-15(20)12-5-3-11(4-6-12)14(16)19/h3-6,10H,7-9H2,1-2H3,(H2,16,19)(H,17,18). The van der Waals surface area contributed by atoms with Gasteiger partial charge in [-0.3, -0.25) is 9.59 Å². The maximum atomic E-state index is 11.7. The first kappa shape index (κ1) is 16.7. The van der Waals surface area contributed by atoms with Gasteiger partial charge in [0.05, 0.1) is 5.56 Å². The monoisotopic (exact) mass is 292 g/mol. The SMILES string of the molecule is CC(C)CCNC(=O)COC(=O)c1ccc(C(N)=O)cc1. The van der Waals surface area contributed by atoms with E-state index in [1.54, 1.807) is 0 Å². The maximum Gasteiger partial charge on any atom is 0.338 e. The molecule has 3 N–H and O–H groups in total. The summed E-state index contributed by atoms with van der Waals surface area (Å²) in [4.78, 5) is 34.0. The first-order valence-corrected chi connectivity index (χ1v) is 6.74. The van der Waals surface area contributed by atoms with E-state index in [4.69, 9.17) is 10.5 Å². The highest BCUT2D eigenvalue weighted by atomic mass is 16.5. The van der Waals surface area contributed by atoms with Gasteiger partial charge in [-0.2, -0.15) is 0 Å². The topological polar surface area (TPSA) is 98.5 Å². The first-order valence-electron chi connectivity index (χ1n) is 6.74. The number of benzene rings is 1. The second kappa shape index (κ2) is 8.04. The Morgan fingerprint density at radius 3 is 2.24 bits per heavy atom. The average molecular weight is 292 g/mol. The Morgan fingerprint density at radius 2 is 1.71 bits per heavy atom. The molecule has 0 atom stereocenters. The number of ether oxygens (including phenoxy) is 1. The van der Waals surface area contributed by atoms with Crippen LogP contribution in [0.25, 0.3) is 0 Å². The molecule has 1 aromatic carbocycles. The molecule has 2 amide bonds. The zero-order chi connectivity index (χ0) is 15.8. The van der Waals surface area contributed by atoms with Crippen LogP contribution in [-0.2, 0) is 9.53 Å². The van der Waals surface area contributed by atoms with Crippen molar-refractivity contribution in [3.05, 3.63) is 35.4 Å². The zero-order valence-corrected chi connectivity index (χ0v) is 12.2. The van der Waals surface area contributed by atoms with E-state index in [2.05, 4.69) is 19.2 Å². The van der Waals surface area contributed by atoms with Gasteiger partial charge < -0.3 is 15.8 Å². The van der Waals surface area contributed by atoms with E-state index in [-0.39, 0.29) is 18.1 Å². The molecule has 0 aliphatic rings. The Labute approximate surface area is 123 Å². The van der Waals surface area contributed by atoms with Crippen LogP contribution in [0.15, 0.2) is 24.3 Å². The molecule has 0 unspecified atom stereocenters. The van der Waals surface area contributed by atoms with Gasteiger partial charge in [0, 0.05) is 12.1 Å². The number of nitrogens with one attached hydrogen (secondary N) is 1. The van der Waals surface area contributed by atoms with Crippen LogP contribution in [0, 0.1) is 5.92 Å². The van der Waals surface area contributed by atoms with Crippen molar-refractivity contribution in [1.82, 2.24) is 5.32 Å². The molecular formula is C15H20N2O4. The Kier molecular flexibility index (Phi) is 6.39. The van der Waals surface area contributed by atoms with E-state index in [1.165, 1.54) is 24.3 Å². The number of rotatable bonds is 7. The van der Waals surface area contributed by atoms with E-state index in [9.17, 15) is 14.4 Å². The third kappa shape index (κ3) is 6.07. The van der Waals surface area contributed by atoms with E-state index >= 15 is 0 Å². The fraction of sp³-hybridized carbons (Fsp3) is 0.400. The molecule has 21 heavy (non-hydrogen) atoms. The van der Waals surface area contributed by atoms with Crippen LogP contribution >= 0.6 is 0 Å². The highest BCUT2D eigenvalue weighted by Gasteiger charge is 2.10. The Hall–Kier alpha value is -2.37. The van der Waals surface area contributed by atoms with Gasteiger partial charge >= 0.3 is 5.97 Å². The van der Waals surface area contributed by atoms with E-state index in [0.717, 1.165) is 6.42 Å². The van der Waals surface area contributed by atoms with E-state index in [1.807, 2.05) is 0 Å². The minimum Gasteiger partial charge on any atom is -0.452 e. The number of carbonyl (C=O) groups excluding carboxylic acids is 3. The molecule has 0 spiro atoms. The van der Waals surface area contributed by atoms with Crippen molar-refractivity contribution in [2.75, 3.05) is 13.2 Å². The fourth-order valence-electron chi connectivity index (χ4n) is 1.54. The van der Waals surface area contributed by atoms with E-state index < -0.39 is 11.9 Å². The predicted octanol–water partition coefficient (Wildman–Crippen LogP) is 1.10. The van der Waals surface area contributed by atoms with Crippen molar-refractivity contribution >= 4 is 17.8 Å². The number of hydrogen-bond acceptors (Lipinski definition) is 4. The number of amides is 2. The first-order chi connectivity index (χ1) is 9.90. The van der Waals surface area contributed by atoms with Crippen LogP contribution in [0.2, 0.25) is 0 Å². The number of nitrogens with two attached hydrogens (primary N) is 1. The summed E-state index contributed by atoms with van der Waals surface area (Å²) in [7, 11) is 0. The van der Waals surface area contributed by atoms with Crippen LogP contribution in [-0.4, -0.2) is 30.9 Å². The van der Waals surface area contributed by atoms with Gasteiger partial charge in [0.1, 0.15) is 0 Å². The third-order valence-electron chi connectivity index (χ3n) is 2.78. The lowest BCUT2D eigenvalue weighted by molar-refractivity contribution is -0.124. The van der Waals surface area contributed by atoms with Crippen LogP contribution in [0.1, 0.15) is 41.0 Å². The summed E-state index contributed by atoms with van der Waals surface area (Å²) in [6, 6.07) is 5.72. The van der Waals surface area contributed by atoms with Crippen molar-refractivity contribution in [2.45, 2.75) is 20.3 Å². The van der Waals surface area contributed by atoms with Gasteiger partial charge in [-0.05, 0) is 36.6 Å². The van der Waals surface area contributed by atoms with Crippen LogP contribution in [0.5, 0.6) is 0 Å². The van der Waals surface area contributed by atoms with Gasteiger partial charge in [-0.1, -0.05) is 13.8 Å². The molecule has 0 aromatic heterocycles. The normalized spacial score (nSPS) is 10.2. The van der Waals surface area contributed by atoms with Gasteiger partial charge in [-0.25, -0.2) is 4.79 Å². The van der Waals surface area contributed by atoms with E-state index in [0.29, 0.717) is 18.0 Å². The molecule has 0 bridgehead atoms. The Morgan fingerprint density at radius 1 is 1.14 bits per heavy atom. The second-order valence-electron chi connectivity index (χ2n) is 5.05. The van der Waals surface area contributed by atoms with Crippen LogP contribution in [0.4, 0.5) is 0 Å². The van der Waals surface area contributed by atoms with Crippen molar-refractivity contribution in [1.29, 1.82) is 0 Å². The summed E-state index contributed by atoms with van der Waals surface area (Å²) in [5.74, 6) is -1.03. The summed E-state index contributed by atoms with van der Waals surface area (Å²) >= 11 is 0. The minimum absolute atomic E-state index is 0.259. The summed E-state index contributed by atoms with van der Waals surface area (Å²) < 4.78 is 4.88. The molecule has 0 radical (unpaired) electrons. The lowest BCUT2D eigenvalue weighted by atomic mass is 10.1. The molecule has 0 fully saturated rings. The summed E-state index contributed by atoms with van der Waals surface area (Å²) in [5.41, 5.74) is 5.66. The zero-order valence-electron chi connectivity index (χ0n) is 12.2. The van der Waals surface area contributed by atoms with Gasteiger partial charge in [-0.15, -0.1) is 0 Å². The van der Waals surface area contributed by atoms with Gasteiger partial charge in [0.15, 0.2) is 6.61 Å². The smallest absolute Gasteiger partial charge is 0.338 e. The largest absolute Gasteiger partial charge is 0.452 e. The summed E-state index contributed by atoms with van der Waals surface area (Å²) in [6.07, 6.45) is 0.869. The molecule has 6 nitrogen and oxygen atoms in total. The van der Waals surface area contributed by atoms with Gasteiger partial charge in [0.25, 0.3) is 5.91 Å². The molecule has 1 rings (SSSR count). The minimum atomic E-state index is -0.620. The van der Waals surface area contributed by atoms with Gasteiger partial charge in [0.2, 0.25) is 5.91 Å². The molecule has 6 heteroatoms. The molecule has 1 aromatic rings. The quantitative estimate of drug-likeness (QED) is 0.735. The molecule has 0 heterocycles. The second-order valence-corrected chi connectivity index (χ2v) is 5.05. The van der Waals surface area contributed by atoms with Crippen LogP contribution < -0.4 is 11.1 Å². The lowest BCUT2D eigenvalue weighted by Crippen LogP contribution is -2.30. The number of primary amides is 1. The molecule has 0 saturated heterocycles. The number of hydrogen-bond donors (Lipinski definition) is 2. The number of carbonyl (C=O) groups is 3. The van der Waals surface area contributed by atoms with Crippen LogP contribution in [0.3, 0.4) is 0 Å². The predicted molar refractivity (Wildman–Crippen MR) is 77.7 cm³/mol. The average Bonchev–Trinajstić information content (AvgIpc) is 2.44. The molecule has 0 saturated carbocycles. The summed E-state index contributed by atoms with van der Waals surface area (Å²) in [6.45, 7) is 4.35. The Bertz CT molecular complexity index is 509. The highest BCUT2D eigenvalue weighted by molar-refractivity contribution is 5.95. The fourth-order valence-corrected chi connectivity index (χ4v) is 1.54. The van der Waals surface area contributed by atoms with Crippen molar-refractivity contribution in [2.24, 2.45) is 11.7 Å². The Balaban J connectivity index is 2.39.